The zero-order chi connectivity index (χ0) is 14.5. The third-order valence-electron chi connectivity index (χ3n) is 4.70. The number of rotatable bonds is 7. The van der Waals surface area contributed by atoms with Gasteiger partial charge in [0.1, 0.15) is 0 Å². The fourth-order valence-corrected chi connectivity index (χ4v) is 3.03. The summed E-state index contributed by atoms with van der Waals surface area (Å²) >= 11 is 0. The van der Waals surface area contributed by atoms with Crippen LogP contribution in [0.5, 0.6) is 0 Å². The summed E-state index contributed by atoms with van der Waals surface area (Å²) in [6, 6.07) is 9.63. The molecule has 116 valence electrons. The van der Waals surface area contributed by atoms with Crippen molar-refractivity contribution in [2.75, 3.05) is 39.4 Å². The predicted molar refractivity (Wildman–Crippen MR) is 86.5 cm³/mol. The Hall–Kier alpha value is -0.900. The van der Waals surface area contributed by atoms with E-state index in [2.05, 4.69) is 41.4 Å². The second-order valence-corrected chi connectivity index (χ2v) is 6.37. The summed E-state index contributed by atoms with van der Waals surface area (Å²) in [5.41, 5.74) is 2.85. The summed E-state index contributed by atoms with van der Waals surface area (Å²) in [7, 11) is 0. The van der Waals surface area contributed by atoms with Gasteiger partial charge in [-0.1, -0.05) is 31.2 Å². The van der Waals surface area contributed by atoms with Crippen molar-refractivity contribution in [2.24, 2.45) is 5.92 Å². The molecular weight excluding hydrogens is 260 g/mol. The molecule has 0 spiro atoms. The number of benzene rings is 1. The van der Waals surface area contributed by atoms with Crippen LogP contribution in [-0.4, -0.2) is 44.3 Å². The third kappa shape index (κ3) is 4.29. The molecule has 1 N–H and O–H groups in total. The molecule has 0 aromatic heterocycles. The highest BCUT2D eigenvalue weighted by Gasteiger charge is 2.24. The monoisotopic (exact) mass is 288 g/mol. The van der Waals surface area contributed by atoms with Crippen LogP contribution in [0.2, 0.25) is 0 Å². The molecule has 1 aromatic rings. The zero-order valence-electron chi connectivity index (χ0n) is 13.2. The molecule has 0 radical (unpaired) electrons. The average Bonchev–Trinajstić information content (AvgIpc) is 3.36. The van der Waals surface area contributed by atoms with Crippen LogP contribution in [0, 0.1) is 5.92 Å². The van der Waals surface area contributed by atoms with Gasteiger partial charge in [0, 0.05) is 38.8 Å². The quantitative estimate of drug-likeness (QED) is 0.781. The van der Waals surface area contributed by atoms with Crippen LogP contribution in [0.3, 0.4) is 0 Å². The molecular formula is C18H28N2O. The van der Waals surface area contributed by atoms with E-state index in [0.717, 1.165) is 51.7 Å². The molecule has 21 heavy (non-hydrogen) atoms. The topological polar surface area (TPSA) is 24.5 Å². The molecule has 1 saturated heterocycles. The van der Waals surface area contributed by atoms with Crippen LogP contribution in [0.4, 0.5) is 0 Å². The van der Waals surface area contributed by atoms with E-state index in [4.69, 9.17) is 4.74 Å². The molecule has 3 heteroatoms. The summed E-state index contributed by atoms with van der Waals surface area (Å²) in [5, 5.41) is 3.53. The molecule has 2 fully saturated rings. The fourth-order valence-electron chi connectivity index (χ4n) is 3.03. The van der Waals surface area contributed by atoms with Crippen LogP contribution < -0.4 is 5.32 Å². The van der Waals surface area contributed by atoms with Gasteiger partial charge in [-0.05, 0) is 36.3 Å². The van der Waals surface area contributed by atoms with Gasteiger partial charge in [0.25, 0.3) is 0 Å². The molecule has 1 aliphatic carbocycles. The first kappa shape index (κ1) is 15.0. The van der Waals surface area contributed by atoms with E-state index >= 15 is 0 Å². The maximum absolute atomic E-state index is 5.82. The van der Waals surface area contributed by atoms with E-state index in [9.17, 15) is 0 Å². The standard InChI is InChI=1S/C18H28N2O/c1-2-15-5-7-17(8-6-15)18-13-19-9-10-20(18)11-12-21-14-16-3-4-16/h5-8,16,18-19H,2-4,9-14H2,1H3. The molecule has 0 amide bonds. The Morgan fingerprint density at radius 3 is 2.76 bits per heavy atom. The van der Waals surface area contributed by atoms with Crippen molar-refractivity contribution in [1.29, 1.82) is 0 Å². The van der Waals surface area contributed by atoms with Crippen LogP contribution in [0.1, 0.15) is 36.9 Å². The molecule has 1 aromatic carbocycles. The lowest BCUT2D eigenvalue weighted by Crippen LogP contribution is -2.47. The van der Waals surface area contributed by atoms with Gasteiger partial charge in [-0.15, -0.1) is 0 Å². The van der Waals surface area contributed by atoms with Crippen molar-refractivity contribution >= 4 is 0 Å². The highest BCUT2D eigenvalue weighted by molar-refractivity contribution is 5.25. The minimum Gasteiger partial charge on any atom is -0.380 e. The summed E-state index contributed by atoms with van der Waals surface area (Å²) < 4.78 is 5.82. The highest BCUT2D eigenvalue weighted by atomic mass is 16.5. The Labute approximate surface area is 128 Å². The second kappa shape index (κ2) is 7.39. The average molecular weight is 288 g/mol. The number of piperazine rings is 1. The first-order valence-corrected chi connectivity index (χ1v) is 8.48. The van der Waals surface area contributed by atoms with Gasteiger partial charge in [0.05, 0.1) is 6.61 Å². The van der Waals surface area contributed by atoms with Crippen molar-refractivity contribution in [2.45, 2.75) is 32.2 Å². The zero-order valence-corrected chi connectivity index (χ0v) is 13.2. The van der Waals surface area contributed by atoms with E-state index in [1.165, 1.54) is 24.0 Å². The van der Waals surface area contributed by atoms with E-state index in [1.54, 1.807) is 0 Å². The van der Waals surface area contributed by atoms with Crippen molar-refractivity contribution < 1.29 is 4.74 Å². The molecule has 1 atom stereocenters. The number of ether oxygens (including phenoxy) is 1. The SMILES string of the molecule is CCc1ccc(C2CNCCN2CCOCC2CC2)cc1. The normalized spacial score (nSPS) is 23.4. The van der Waals surface area contributed by atoms with Crippen molar-refractivity contribution in [3.8, 4) is 0 Å². The Kier molecular flexibility index (Phi) is 5.28. The Bertz CT molecular complexity index is 427. The number of hydrogen-bond acceptors (Lipinski definition) is 3. The van der Waals surface area contributed by atoms with Gasteiger partial charge in [-0.25, -0.2) is 0 Å². The van der Waals surface area contributed by atoms with Crippen molar-refractivity contribution in [3.05, 3.63) is 35.4 Å². The lowest BCUT2D eigenvalue weighted by Gasteiger charge is -2.36. The van der Waals surface area contributed by atoms with Crippen LogP contribution in [0.15, 0.2) is 24.3 Å². The van der Waals surface area contributed by atoms with Crippen molar-refractivity contribution in [1.82, 2.24) is 10.2 Å². The maximum atomic E-state index is 5.82. The van der Waals surface area contributed by atoms with Gasteiger partial charge in [0.2, 0.25) is 0 Å². The summed E-state index contributed by atoms with van der Waals surface area (Å²) in [4.78, 5) is 2.57. The molecule has 2 aliphatic rings. The van der Waals surface area contributed by atoms with Crippen LogP contribution >= 0.6 is 0 Å². The fraction of sp³-hybridized carbons (Fsp3) is 0.667. The Morgan fingerprint density at radius 1 is 1.24 bits per heavy atom. The summed E-state index contributed by atoms with van der Waals surface area (Å²) in [6.45, 7) is 8.37. The highest BCUT2D eigenvalue weighted by Crippen LogP contribution is 2.29. The first-order valence-electron chi connectivity index (χ1n) is 8.48. The minimum atomic E-state index is 0.495. The van der Waals surface area contributed by atoms with E-state index in [-0.39, 0.29) is 0 Å². The minimum absolute atomic E-state index is 0.495. The summed E-state index contributed by atoms with van der Waals surface area (Å²) in [5.74, 6) is 0.866. The van der Waals surface area contributed by atoms with E-state index in [1.807, 2.05) is 0 Å². The van der Waals surface area contributed by atoms with Crippen LogP contribution in [-0.2, 0) is 11.2 Å². The van der Waals surface area contributed by atoms with Crippen molar-refractivity contribution in [3.63, 3.8) is 0 Å². The first-order chi connectivity index (χ1) is 10.4. The largest absolute Gasteiger partial charge is 0.380 e. The second-order valence-electron chi connectivity index (χ2n) is 6.37. The van der Waals surface area contributed by atoms with Crippen LogP contribution in [0.25, 0.3) is 0 Å². The number of nitrogens with zero attached hydrogens (tertiary/aromatic N) is 1. The van der Waals surface area contributed by atoms with Gasteiger partial charge in [-0.2, -0.15) is 0 Å². The molecule has 1 saturated carbocycles. The van der Waals surface area contributed by atoms with E-state index < -0.39 is 0 Å². The maximum Gasteiger partial charge on any atom is 0.0593 e. The Morgan fingerprint density at radius 2 is 2.05 bits per heavy atom. The van der Waals surface area contributed by atoms with E-state index in [0.29, 0.717) is 6.04 Å². The molecule has 1 aliphatic heterocycles. The Balaban J connectivity index is 1.54. The molecule has 3 nitrogen and oxygen atoms in total. The van der Waals surface area contributed by atoms with Gasteiger partial charge in [0.15, 0.2) is 0 Å². The summed E-state index contributed by atoms with van der Waals surface area (Å²) in [6.07, 6.45) is 3.86. The molecule has 3 rings (SSSR count). The number of nitrogens with one attached hydrogen (secondary N) is 1. The number of aryl methyl sites for hydroxylation is 1. The lowest BCUT2D eigenvalue weighted by molar-refractivity contribution is 0.0716. The predicted octanol–water partition coefficient (Wildman–Crippen LogP) is 2.62. The van der Waals surface area contributed by atoms with Gasteiger partial charge in [-0.3, -0.25) is 4.90 Å². The molecule has 1 heterocycles. The lowest BCUT2D eigenvalue weighted by atomic mass is 10.0. The molecule has 1 unspecified atom stereocenters. The third-order valence-corrected chi connectivity index (χ3v) is 4.70. The smallest absolute Gasteiger partial charge is 0.0593 e. The number of hydrogen-bond donors (Lipinski definition) is 1. The molecule has 0 bridgehead atoms. The van der Waals surface area contributed by atoms with Gasteiger partial charge >= 0.3 is 0 Å². The van der Waals surface area contributed by atoms with Gasteiger partial charge < -0.3 is 10.1 Å².